The van der Waals surface area contributed by atoms with Crippen LogP contribution < -0.4 is 0 Å². The highest BCUT2D eigenvalue weighted by atomic mass is 31.2. The van der Waals surface area contributed by atoms with Crippen LogP contribution in [0.25, 0.3) is 0 Å². The molecule has 0 bridgehead atoms. The summed E-state index contributed by atoms with van der Waals surface area (Å²) in [5.41, 5.74) is 0. The lowest BCUT2D eigenvalue weighted by molar-refractivity contribution is 0.529. The molecule has 0 heterocycles. The van der Waals surface area contributed by atoms with E-state index in [-0.39, 0.29) is 0 Å². The first-order chi connectivity index (χ1) is 27.7. The van der Waals surface area contributed by atoms with E-state index in [0.717, 1.165) is 0 Å². The second-order valence-corrected chi connectivity index (χ2v) is 23.9. The molecule has 0 fully saturated rings. The molecular weight excluding hydrogens is 692 g/mol. The summed E-state index contributed by atoms with van der Waals surface area (Å²) in [5, 5.41) is 0. The predicted molar refractivity (Wildman–Crippen MR) is 266 cm³/mol. The first-order valence-electron chi connectivity index (χ1n) is 27.6. The van der Waals surface area contributed by atoms with Gasteiger partial charge in [-0.05, 0) is 51.4 Å². The molecule has 0 spiro atoms. The van der Waals surface area contributed by atoms with Gasteiger partial charge in [-0.25, -0.2) is 0 Å². The van der Waals surface area contributed by atoms with Gasteiger partial charge in [0.25, 0.3) is 0 Å². The molecule has 1 heteroatoms. The van der Waals surface area contributed by atoms with Gasteiger partial charge >= 0.3 is 0 Å². The number of unbranched alkanes of at least 4 members (excludes halogenated alkanes) is 43. The van der Waals surface area contributed by atoms with Gasteiger partial charge < -0.3 is 0 Å². The lowest BCUT2D eigenvalue weighted by Gasteiger charge is -2.28. The summed E-state index contributed by atoms with van der Waals surface area (Å²) < 4.78 is 0. The maximum absolute atomic E-state index is 2.34. The Hall–Kier alpha value is 0.430. The Morgan fingerprint density at radius 1 is 0.143 bits per heavy atom. The molecule has 0 atom stereocenters. The minimum Gasteiger partial charge on any atom is -0.0654 e. The molecule has 0 unspecified atom stereocenters. The summed E-state index contributed by atoms with van der Waals surface area (Å²) in [6.45, 7) is 9.36. The maximum Gasteiger partial charge on any atom is 0.0594 e. The van der Waals surface area contributed by atoms with Gasteiger partial charge in [0.2, 0.25) is 0 Å². The van der Waals surface area contributed by atoms with Gasteiger partial charge in [0.1, 0.15) is 0 Å². The highest BCUT2D eigenvalue weighted by Gasteiger charge is 2.35. The molecule has 0 saturated heterocycles. The van der Waals surface area contributed by atoms with Crippen LogP contribution in [0.3, 0.4) is 0 Å². The molecule has 0 amide bonds. The fourth-order valence-electron chi connectivity index (χ4n) is 9.65. The molecule has 0 aliphatic rings. The largest absolute Gasteiger partial charge is 0.0654 e. The first-order valence-corrected chi connectivity index (χ1v) is 30.1. The molecule has 0 nitrogen and oxygen atoms in total. The molecule has 0 saturated carbocycles. The molecule has 0 aromatic rings. The highest BCUT2D eigenvalue weighted by molar-refractivity contribution is 7.75. The molecule has 0 aromatic carbocycles. The van der Waals surface area contributed by atoms with Crippen molar-refractivity contribution < 1.29 is 0 Å². The molecule has 56 heavy (non-hydrogen) atoms. The molecule has 0 radical (unpaired) electrons. The Labute approximate surface area is 360 Å². The minimum atomic E-state index is -0.808. The van der Waals surface area contributed by atoms with Crippen LogP contribution in [0.4, 0.5) is 0 Å². The van der Waals surface area contributed by atoms with Gasteiger partial charge in [0.05, 0.1) is 24.6 Å². The molecule has 0 aliphatic carbocycles. The third kappa shape index (κ3) is 44.0. The number of hydrogen-bond donors (Lipinski definition) is 0. The third-order valence-electron chi connectivity index (χ3n) is 13.7. The van der Waals surface area contributed by atoms with Gasteiger partial charge in [-0.3, -0.25) is 0 Å². The molecular formula is C55H114P+. The van der Waals surface area contributed by atoms with Crippen LogP contribution in [-0.4, -0.2) is 24.6 Å². The molecule has 0 N–H and O–H groups in total. The van der Waals surface area contributed by atoms with Gasteiger partial charge in [-0.15, -0.1) is 0 Å². The molecule has 0 aliphatic heterocycles. The standard InChI is InChI=1S/C55H114P/c1-5-9-13-17-21-25-29-30-31-32-33-34-35-39-43-47-51-55-56(52-48-44-40-36-26-22-18-14-10-6-2,53-49-45-41-37-27-23-19-15-11-7-3)54-50-46-42-38-28-24-20-16-12-8-4/h5-55H2,1-4H3/q+1. The van der Waals surface area contributed by atoms with E-state index < -0.39 is 7.26 Å². The summed E-state index contributed by atoms with van der Waals surface area (Å²) in [4.78, 5) is 0. The van der Waals surface area contributed by atoms with Gasteiger partial charge in [-0.1, -0.05) is 278 Å². The van der Waals surface area contributed by atoms with Crippen LogP contribution in [0.15, 0.2) is 0 Å². The van der Waals surface area contributed by atoms with Crippen molar-refractivity contribution in [3.63, 3.8) is 0 Å². The van der Waals surface area contributed by atoms with Crippen LogP contribution in [-0.2, 0) is 0 Å². The van der Waals surface area contributed by atoms with Crippen molar-refractivity contribution in [3.8, 4) is 0 Å². The topological polar surface area (TPSA) is 0 Å². The van der Waals surface area contributed by atoms with E-state index in [1.807, 2.05) is 0 Å². The van der Waals surface area contributed by atoms with Crippen LogP contribution in [0.2, 0.25) is 0 Å². The second kappa shape index (κ2) is 49.8. The molecule has 338 valence electrons. The zero-order valence-electron chi connectivity index (χ0n) is 40.5. The summed E-state index contributed by atoms with van der Waals surface area (Å²) >= 11 is 0. The van der Waals surface area contributed by atoms with Crippen LogP contribution in [0.5, 0.6) is 0 Å². The van der Waals surface area contributed by atoms with Crippen molar-refractivity contribution >= 4 is 7.26 Å². The third-order valence-corrected chi connectivity index (χ3v) is 18.8. The van der Waals surface area contributed by atoms with Crippen molar-refractivity contribution in [3.05, 3.63) is 0 Å². The smallest absolute Gasteiger partial charge is 0.0594 e. The fourth-order valence-corrected chi connectivity index (χ4v) is 14.6. The Balaban J connectivity index is 4.77. The summed E-state index contributed by atoms with van der Waals surface area (Å²) in [5.74, 6) is 0. The zero-order valence-corrected chi connectivity index (χ0v) is 41.4. The highest BCUT2D eigenvalue weighted by Crippen LogP contribution is 2.61. The normalized spacial score (nSPS) is 12.0. The Bertz CT molecular complexity index is 610. The molecule has 0 aromatic heterocycles. The molecule has 0 rings (SSSR count). The monoisotopic (exact) mass is 806 g/mol. The lowest BCUT2D eigenvalue weighted by atomic mass is 10.0. The van der Waals surface area contributed by atoms with Gasteiger partial charge in [-0.2, -0.15) is 0 Å². The predicted octanol–water partition coefficient (Wildman–Crippen LogP) is 21.4. The van der Waals surface area contributed by atoms with Crippen LogP contribution >= 0.6 is 7.26 Å². The van der Waals surface area contributed by atoms with E-state index >= 15 is 0 Å². The Kier molecular flexibility index (Phi) is 50.2. The summed E-state index contributed by atoms with van der Waals surface area (Å²) in [6, 6.07) is 0. The Morgan fingerprint density at radius 3 is 0.375 bits per heavy atom. The SMILES string of the molecule is CCCCCCCCCCCCCCCCCCC[P+](CCCCCCCCCCCC)(CCCCCCCCCCCC)CCCCCCCCCCCC. The first kappa shape index (κ1) is 56.4. The van der Waals surface area contributed by atoms with E-state index in [1.165, 1.54) is 276 Å². The minimum absolute atomic E-state index is 0.808. The Morgan fingerprint density at radius 2 is 0.250 bits per heavy atom. The second-order valence-electron chi connectivity index (χ2n) is 19.4. The van der Waals surface area contributed by atoms with E-state index in [1.54, 1.807) is 50.3 Å². The van der Waals surface area contributed by atoms with Crippen molar-refractivity contribution in [1.29, 1.82) is 0 Å². The average molecular weight is 806 g/mol. The van der Waals surface area contributed by atoms with Crippen LogP contribution in [0, 0.1) is 0 Å². The van der Waals surface area contributed by atoms with E-state index in [2.05, 4.69) is 27.7 Å². The van der Waals surface area contributed by atoms with Gasteiger partial charge in [0.15, 0.2) is 0 Å². The van der Waals surface area contributed by atoms with E-state index in [4.69, 9.17) is 0 Å². The van der Waals surface area contributed by atoms with E-state index in [9.17, 15) is 0 Å². The van der Waals surface area contributed by atoms with Crippen molar-refractivity contribution in [2.75, 3.05) is 24.6 Å². The maximum atomic E-state index is 2.34. The lowest BCUT2D eigenvalue weighted by Crippen LogP contribution is -2.13. The number of rotatable bonds is 51. The van der Waals surface area contributed by atoms with Gasteiger partial charge in [0, 0.05) is 7.26 Å². The zero-order chi connectivity index (χ0) is 40.6. The van der Waals surface area contributed by atoms with Crippen molar-refractivity contribution in [2.24, 2.45) is 0 Å². The van der Waals surface area contributed by atoms with Crippen LogP contribution in [0.1, 0.15) is 329 Å². The van der Waals surface area contributed by atoms with Crippen molar-refractivity contribution in [2.45, 2.75) is 329 Å². The van der Waals surface area contributed by atoms with E-state index in [0.29, 0.717) is 0 Å². The fraction of sp³-hybridized carbons (Fsp3) is 1.00. The number of hydrogen-bond acceptors (Lipinski definition) is 0. The average Bonchev–Trinajstić information content (AvgIpc) is 3.21. The summed E-state index contributed by atoms with van der Waals surface area (Å²) in [7, 11) is -0.808. The summed E-state index contributed by atoms with van der Waals surface area (Å²) in [6.07, 6.45) is 76.8. The quantitative estimate of drug-likeness (QED) is 0.0424. The van der Waals surface area contributed by atoms with Crippen molar-refractivity contribution in [1.82, 2.24) is 0 Å².